The Morgan fingerprint density at radius 3 is 2.35 bits per heavy atom. The predicted molar refractivity (Wildman–Crippen MR) is 51.1 cm³/mol. The second-order valence-corrected chi connectivity index (χ2v) is 3.63. The number of aliphatic hydroxyl groups is 1. The molecule has 0 saturated heterocycles. The van der Waals surface area contributed by atoms with E-state index in [0.717, 1.165) is 6.07 Å². The molecule has 2 nitrogen and oxygen atoms in total. The Hall–Kier alpha value is -1.61. The van der Waals surface area contributed by atoms with Crippen LogP contribution in [0.2, 0.25) is 0 Å². The van der Waals surface area contributed by atoms with Crippen molar-refractivity contribution in [1.82, 2.24) is 0 Å². The summed E-state index contributed by atoms with van der Waals surface area (Å²) in [4.78, 5) is 0. The van der Waals surface area contributed by atoms with Gasteiger partial charge in [-0.05, 0) is 30.7 Å². The van der Waals surface area contributed by atoms with Gasteiger partial charge in [0.15, 0.2) is 0 Å². The molecule has 0 aliphatic carbocycles. The average molecular weight is 247 g/mol. The van der Waals surface area contributed by atoms with Crippen LogP contribution in [0.1, 0.15) is 24.2 Å². The number of rotatable bonds is 2. The number of aliphatic hydroxyl groups excluding tert-OH is 1. The second-order valence-electron chi connectivity index (χ2n) is 3.63. The summed E-state index contributed by atoms with van der Waals surface area (Å²) in [6, 6.07) is 3.45. The Balaban J connectivity index is 3.19. The molecule has 1 rings (SSSR count). The van der Waals surface area contributed by atoms with Crippen LogP contribution in [0.5, 0.6) is 0 Å². The number of alkyl halides is 3. The van der Waals surface area contributed by atoms with E-state index in [2.05, 4.69) is 0 Å². The zero-order chi connectivity index (χ0) is 13.2. The fourth-order valence-electron chi connectivity index (χ4n) is 1.31. The molecule has 0 aliphatic rings. The Bertz CT molecular complexity index is 450. The van der Waals surface area contributed by atoms with E-state index >= 15 is 0 Å². The van der Waals surface area contributed by atoms with Gasteiger partial charge in [-0.2, -0.15) is 18.4 Å². The number of halogens is 4. The van der Waals surface area contributed by atoms with Gasteiger partial charge < -0.3 is 5.11 Å². The highest BCUT2D eigenvalue weighted by atomic mass is 19.4. The maximum absolute atomic E-state index is 13.0. The number of hydrogen-bond acceptors (Lipinski definition) is 2. The van der Waals surface area contributed by atoms with Crippen LogP contribution >= 0.6 is 0 Å². The molecule has 0 saturated carbocycles. The first kappa shape index (κ1) is 13.5. The predicted octanol–water partition coefficient (Wildman–Crippen LogP) is 3.04. The number of nitriles is 1. The van der Waals surface area contributed by atoms with Crippen LogP contribution < -0.4 is 0 Å². The van der Waals surface area contributed by atoms with Gasteiger partial charge in [0, 0.05) is 0 Å². The Kier molecular flexibility index (Phi) is 3.73. The van der Waals surface area contributed by atoms with Crippen molar-refractivity contribution in [3.05, 3.63) is 35.1 Å². The van der Waals surface area contributed by atoms with Gasteiger partial charge in [-0.1, -0.05) is 0 Å². The molecule has 92 valence electrons. The third-order valence-electron chi connectivity index (χ3n) is 2.27. The molecular formula is C11H9F4NO. The minimum absolute atomic E-state index is 0.258. The Morgan fingerprint density at radius 1 is 1.29 bits per heavy atom. The lowest BCUT2D eigenvalue weighted by atomic mass is 9.97. The van der Waals surface area contributed by atoms with Crippen molar-refractivity contribution in [3.8, 4) is 6.07 Å². The van der Waals surface area contributed by atoms with Crippen LogP contribution in [-0.2, 0) is 6.18 Å². The Morgan fingerprint density at radius 2 is 1.88 bits per heavy atom. The highest BCUT2D eigenvalue weighted by Crippen LogP contribution is 2.32. The summed E-state index contributed by atoms with van der Waals surface area (Å²) in [6.45, 7) is 1.34. The lowest BCUT2D eigenvalue weighted by Crippen LogP contribution is -2.11. The van der Waals surface area contributed by atoms with E-state index < -0.39 is 29.6 Å². The van der Waals surface area contributed by atoms with Crippen LogP contribution in [0.3, 0.4) is 0 Å². The lowest BCUT2D eigenvalue weighted by Gasteiger charge is -2.15. The van der Waals surface area contributed by atoms with Crippen molar-refractivity contribution >= 4 is 0 Å². The highest BCUT2D eigenvalue weighted by Gasteiger charge is 2.32. The van der Waals surface area contributed by atoms with Gasteiger partial charge in [-0.25, -0.2) is 4.39 Å². The minimum atomic E-state index is -4.69. The average Bonchev–Trinajstić information content (AvgIpc) is 2.25. The van der Waals surface area contributed by atoms with Crippen LogP contribution in [0.4, 0.5) is 17.6 Å². The topological polar surface area (TPSA) is 44.0 Å². The standard InChI is InChI=1S/C11H9F4NO/c1-6(5-16)10(17)7-2-8(11(13,14)15)4-9(12)3-7/h2-4,6,10,17H,1H3. The summed E-state index contributed by atoms with van der Waals surface area (Å²) in [6.07, 6.45) is -6.14. The SMILES string of the molecule is CC(C#N)C(O)c1cc(F)cc(C(F)(F)F)c1. The molecule has 0 heterocycles. The van der Waals surface area contributed by atoms with Gasteiger partial charge in [0.2, 0.25) is 0 Å². The summed E-state index contributed by atoms with van der Waals surface area (Å²) in [5.41, 5.74) is -1.44. The largest absolute Gasteiger partial charge is 0.416 e. The molecule has 1 aromatic carbocycles. The third-order valence-corrected chi connectivity index (χ3v) is 2.27. The number of nitrogens with zero attached hydrogens (tertiary/aromatic N) is 1. The molecule has 0 aromatic heterocycles. The van der Waals surface area contributed by atoms with E-state index in [1.165, 1.54) is 6.92 Å². The molecular weight excluding hydrogens is 238 g/mol. The third kappa shape index (κ3) is 3.17. The van der Waals surface area contributed by atoms with Gasteiger partial charge in [-0.3, -0.25) is 0 Å². The van der Waals surface area contributed by atoms with Crippen molar-refractivity contribution in [2.45, 2.75) is 19.2 Å². The minimum Gasteiger partial charge on any atom is -0.387 e. The highest BCUT2D eigenvalue weighted by molar-refractivity contribution is 5.29. The van der Waals surface area contributed by atoms with E-state index in [-0.39, 0.29) is 5.56 Å². The van der Waals surface area contributed by atoms with Crippen LogP contribution in [0, 0.1) is 23.1 Å². The van der Waals surface area contributed by atoms with E-state index in [4.69, 9.17) is 5.26 Å². The summed E-state index contributed by atoms with van der Waals surface area (Å²) in [5.74, 6) is -2.02. The second kappa shape index (κ2) is 4.72. The van der Waals surface area contributed by atoms with Crippen molar-refractivity contribution < 1.29 is 22.7 Å². The van der Waals surface area contributed by atoms with Gasteiger partial charge in [0.05, 0.1) is 23.7 Å². The van der Waals surface area contributed by atoms with Crippen LogP contribution in [-0.4, -0.2) is 5.11 Å². The van der Waals surface area contributed by atoms with E-state index in [1.54, 1.807) is 6.07 Å². The summed E-state index contributed by atoms with van der Waals surface area (Å²) >= 11 is 0. The monoisotopic (exact) mass is 247 g/mol. The fraction of sp³-hybridized carbons (Fsp3) is 0.364. The first-order valence-corrected chi connectivity index (χ1v) is 4.71. The molecule has 17 heavy (non-hydrogen) atoms. The molecule has 0 radical (unpaired) electrons. The van der Waals surface area contributed by atoms with Gasteiger partial charge in [0.25, 0.3) is 0 Å². The molecule has 0 aliphatic heterocycles. The molecule has 2 unspecified atom stereocenters. The smallest absolute Gasteiger partial charge is 0.387 e. The molecule has 0 spiro atoms. The molecule has 0 amide bonds. The van der Waals surface area contributed by atoms with Crippen molar-refractivity contribution in [1.29, 1.82) is 5.26 Å². The first-order chi connectivity index (χ1) is 7.75. The normalized spacial score (nSPS) is 15.1. The van der Waals surface area contributed by atoms with Gasteiger partial charge in [0.1, 0.15) is 5.82 Å². The molecule has 0 bridgehead atoms. The van der Waals surface area contributed by atoms with Gasteiger partial charge in [-0.15, -0.1) is 0 Å². The van der Waals surface area contributed by atoms with E-state index in [9.17, 15) is 22.7 Å². The van der Waals surface area contributed by atoms with E-state index in [1.807, 2.05) is 0 Å². The lowest BCUT2D eigenvalue weighted by molar-refractivity contribution is -0.137. The summed E-state index contributed by atoms with van der Waals surface area (Å²) in [5, 5.41) is 18.1. The summed E-state index contributed by atoms with van der Waals surface area (Å²) < 4.78 is 50.1. The number of hydrogen-bond donors (Lipinski definition) is 1. The zero-order valence-electron chi connectivity index (χ0n) is 8.79. The summed E-state index contributed by atoms with van der Waals surface area (Å²) in [7, 11) is 0. The first-order valence-electron chi connectivity index (χ1n) is 4.71. The molecule has 1 aromatic rings. The zero-order valence-corrected chi connectivity index (χ0v) is 8.79. The Labute approximate surface area is 95.1 Å². The van der Waals surface area contributed by atoms with Crippen molar-refractivity contribution in [3.63, 3.8) is 0 Å². The molecule has 1 N–H and O–H groups in total. The van der Waals surface area contributed by atoms with Crippen LogP contribution in [0.15, 0.2) is 18.2 Å². The quantitative estimate of drug-likeness (QED) is 0.816. The fourth-order valence-corrected chi connectivity index (χ4v) is 1.31. The van der Waals surface area contributed by atoms with Crippen molar-refractivity contribution in [2.75, 3.05) is 0 Å². The van der Waals surface area contributed by atoms with E-state index in [0.29, 0.717) is 12.1 Å². The van der Waals surface area contributed by atoms with Gasteiger partial charge >= 0.3 is 6.18 Å². The maximum Gasteiger partial charge on any atom is 0.416 e. The van der Waals surface area contributed by atoms with Crippen LogP contribution in [0.25, 0.3) is 0 Å². The van der Waals surface area contributed by atoms with Crippen molar-refractivity contribution in [2.24, 2.45) is 5.92 Å². The number of benzene rings is 1. The molecule has 0 fully saturated rings. The molecule has 6 heteroatoms. The molecule has 2 atom stereocenters. The maximum atomic E-state index is 13.0.